The third-order valence-corrected chi connectivity index (χ3v) is 4.84. The lowest BCUT2D eigenvalue weighted by molar-refractivity contribution is 0.138. The molecule has 1 aliphatic heterocycles. The molecule has 2 rings (SSSR count). The van der Waals surface area contributed by atoms with Gasteiger partial charge in [-0.05, 0) is 61.6 Å². The minimum atomic E-state index is -0.0570. The molecule has 1 aromatic rings. The van der Waals surface area contributed by atoms with Crippen molar-refractivity contribution in [1.82, 2.24) is 24.9 Å². The number of piperidine rings is 1. The number of likely N-dealkylation sites (N-methyl/N-ethyl adjacent to an activating group) is 1. The molecule has 1 saturated heterocycles. The van der Waals surface area contributed by atoms with E-state index >= 15 is 0 Å². The Bertz CT molecular complexity index is 572. The normalized spacial score (nSPS) is 20.3. The summed E-state index contributed by atoms with van der Waals surface area (Å²) in [5.74, 6) is 0. The highest BCUT2D eigenvalue weighted by Crippen LogP contribution is 2.22. The van der Waals surface area contributed by atoms with Crippen LogP contribution in [0.1, 0.15) is 57.8 Å². The van der Waals surface area contributed by atoms with Crippen molar-refractivity contribution in [3.63, 3.8) is 0 Å². The molecular formula is C18H33N5O. The fourth-order valence-electron chi connectivity index (χ4n) is 3.16. The Hall–Kier alpha value is -1.56. The standard InChI is InChI=1S/C18H33N5O/c1-13(16-12-23(18(3,4)5)20-14(16)2)19-17(24)22-10-8-9-15(11-22)21(6)7/h12-13,15H,8-11H2,1-7H3,(H,19,24). The average Bonchev–Trinajstić information content (AvgIpc) is 2.89. The zero-order chi connectivity index (χ0) is 18.1. The summed E-state index contributed by atoms with van der Waals surface area (Å²) in [7, 11) is 4.16. The van der Waals surface area contributed by atoms with Gasteiger partial charge in [0.05, 0.1) is 17.3 Å². The molecule has 0 aliphatic carbocycles. The van der Waals surface area contributed by atoms with Gasteiger partial charge in [-0.25, -0.2) is 4.79 Å². The molecule has 1 aromatic heterocycles. The van der Waals surface area contributed by atoms with E-state index in [2.05, 4.69) is 56.4 Å². The predicted octanol–water partition coefficient (Wildman–Crippen LogP) is 2.74. The molecule has 1 N–H and O–H groups in total. The minimum Gasteiger partial charge on any atom is -0.331 e. The van der Waals surface area contributed by atoms with Crippen molar-refractivity contribution in [2.45, 2.75) is 65.1 Å². The van der Waals surface area contributed by atoms with E-state index in [9.17, 15) is 4.79 Å². The number of amides is 2. The Labute approximate surface area is 146 Å². The van der Waals surface area contributed by atoms with E-state index in [1.54, 1.807) is 0 Å². The summed E-state index contributed by atoms with van der Waals surface area (Å²) in [6, 6.07) is 0.426. The van der Waals surface area contributed by atoms with Gasteiger partial charge in [0.2, 0.25) is 0 Å². The maximum Gasteiger partial charge on any atom is 0.317 e. The Morgan fingerprint density at radius 1 is 1.42 bits per heavy atom. The Balaban J connectivity index is 2.02. The van der Waals surface area contributed by atoms with E-state index in [1.807, 2.05) is 23.4 Å². The van der Waals surface area contributed by atoms with Crippen molar-refractivity contribution in [1.29, 1.82) is 0 Å². The molecule has 2 amide bonds. The van der Waals surface area contributed by atoms with Gasteiger partial charge in [0, 0.05) is 30.9 Å². The van der Waals surface area contributed by atoms with Gasteiger partial charge < -0.3 is 15.1 Å². The van der Waals surface area contributed by atoms with Gasteiger partial charge >= 0.3 is 6.03 Å². The van der Waals surface area contributed by atoms with Gasteiger partial charge in [-0.3, -0.25) is 4.68 Å². The van der Waals surface area contributed by atoms with Gasteiger partial charge in [-0.15, -0.1) is 0 Å². The largest absolute Gasteiger partial charge is 0.331 e. The van der Waals surface area contributed by atoms with Crippen LogP contribution in [0.2, 0.25) is 0 Å². The number of rotatable bonds is 3. The number of aryl methyl sites for hydroxylation is 1. The summed E-state index contributed by atoms with van der Waals surface area (Å²) in [6.45, 7) is 12.0. The summed E-state index contributed by atoms with van der Waals surface area (Å²) in [4.78, 5) is 16.8. The van der Waals surface area contributed by atoms with Gasteiger partial charge in [-0.1, -0.05) is 0 Å². The zero-order valence-corrected chi connectivity index (χ0v) is 16.3. The molecular weight excluding hydrogens is 302 g/mol. The average molecular weight is 335 g/mol. The van der Waals surface area contributed by atoms with Crippen LogP contribution in [-0.2, 0) is 5.54 Å². The van der Waals surface area contributed by atoms with Crippen LogP contribution >= 0.6 is 0 Å². The molecule has 2 heterocycles. The highest BCUT2D eigenvalue weighted by Gasteiger charge is 2.26. The zero-order valence-electron chi connectivity index (χ0n) is 16.3. The second-order valence-electron chi connectivity index (χ2n) is 8.16. The van der Waals surface area contributed by atoms with E-state index in [0.717, 1.165) is 37.2 Å². The monoisotopic (exact) mass is 335 g/mol. The second kappa shape index (κ2) is 7.13. The minimum absolute atomic E-state index is 0.0250. The molecule has 136 valence electrons. The van der Waals surface area contributed by atoms with Gasteiger partial charge in [0.1, 0.15) is 0 Å². The number of nitrogens with zero attached hydrogens (tertiary/aromatic N) is 4. The van der Waals surface area contributed by atoms with Crippen molar-refractivity contribution in [3.05, 3.63) is 17.5 Å². The number of urea groups is 1. The van der Waals surface area contributed by atoms with Crippen LogP contribution in [0.5, 0.6) is 0 Å². The summed E-state index contributed by atoms with van der Waals surface area (Å²) in [6.07, 6.45) is 4.27. The first kappa shape index (κ1) is 18.8. The Morgan fingerprint density at radius 2 is 2.08 bits per heavy atom. The number of aromatic nitrogens is 2. The molecule has 0 aromatic carbocycles. The van der Waals surface area contributed by atoms with Crippen LogP contribution in [-0.4, -0.2) is 58.8 Å². The molecule has 0 saturated carbocycles. The first-order valence-electron chi connectivity index (χ1n) is 8.88. The number of hydrogen-bond acceptors (Lipinski definition) is 3. The fraction of sp³-hybridized carbons (Fsp3) is 0.778. The lowest BCUT2D eigenvalue weighted by atomic mass is 10.1. The van der Waals surface area contributed by atoms with Crippen LogP contribution in [0.4, 0.5) is 4.79 Å². The van der Waals surface area contributed by atoms with E-state index < -0.39 is 0 Å². The van der Waals surface area contributed by atoms with E-state index in [0.29, 0.717) is 6.04 Å². The van der Waals surface area contributed by atoms with Gasteiger partial charge in [0.25, 0.3) is 0 Å². The maximum atomic E-state index is 12.6. The number of carbonyl (C=O) groups excluding carboxylic acids is 1. The third-order valence-electron chi connectivity index (χ3n) is 4.84. The van der Waals surface area contributed by atoms with Crippen LogP contribution in [0.3, 0.4) is 0 Å². The van der Waals surface area contributed by atoms with E-state index in [-0.39, 0.29) is 17.6 Å². The van der Waals surface area contributed by atoms with Crippen molar-refractivity contribution in [2.75, 3.05) is 27.2 Å². The van der Waals surface area contributed by atoms with E-state index in [4.69, 9.17) is 0 Å². The van der Waals surface area contributed by atoms with E-state index in [1.165, 1.54) is 0 Å². The summed E-state index contributed by atoms with van der Waals surface area (Å²) in [5, 5.41) is 7.75. The number of carbonyl (C=O) groups is 1. The van der Waals surface area contributed by atoms with Crippen LogP contribution in [0.15, 0.2) is 6.20 Å². The van der Waals surface area contributed by atoms with Crippen molar-refractivity contribution < 1.29 is 4.79 Å². The maximum absolute atomic E-state index is 12.6. The topological polar surface area (TPSA) is 53.4 Å². The molecule has 1 fully saturated rings. The van der Waals surface area contributed by atoms with Crippen LogP contribution in [0, 0.1) is 6.92 Å². The third kappa shape index (κ3) is 4.29. The fourth-order valence-corrected chi connectivity index (χ4v) is 3.16. The smallest absolute Gasteiger partial charge is 0.317 e. The lowest BCUT2D eigenvalue weighted by Crippen LogP contribution is -2.51. The van der Waals surface area contributed by atoms with Crippen molar-refractivity contribution in [3.8, 4) is 0 Å². The SMILES string of the molecule is Cc1nn(C(C)(C)C)cc1C(C)NC(=O)N1CCCC(N(C)C)C1. The molecule has 2 atom stereocenters. The number of nitrogens with one attached hydrogen (secondary N) is 1. The summed E-state index contributed by atoms with van der Waals surface area (Å²) >= 11 is 0. The van der Waals surface area contributed by atoms with Crippen LogP contribution in [0.25, 0.3) is 0 Å². The highest BCUT2D eigenvalue weighted by molar-refractivity contribution is 5.74. The summed E-state index contributed by atoms with van der Waals surface area (Å²) in [5.41, 5.74) is 2.00. The first-order chi connectivity index (χ1) is 11.1. The highest BCUT2D eigenvalue weighted by atomic mass is 16.2. The van der Waals surface area contributed by atoms with Crippen LogP contribution < -0.4 is 5.32 Å². The Kier molecular flexibility index (Phi) is 5.58. The number of hydrogen-bond donors (Lipinski definition) is 1. The van der Waals surface area contributed by atoms with Crippen molar-refractivity contribution in [2.24, 2.45) is 0 Å². The molecule has 1 aliphatic rings. The molecule has 0 radical (unpaired) electrons. The molecule has 6 heteroatoms. The number of likely N-dealkylation sites (tertiary alicyclic amines) is 1. The summed E-state index contributed by atoms with van der Waals surface area (Å²) < 4.78 is 1.98. The van der Waals surface area contributed by atoms with Gasteiger partial charge in [-0.2, -0.15) is 5.10 Å². The predicted molar refractivity (Wildman–Crippen MR) is 97.2 cm³/mol. The Morgan fingerprint density at radius 3 is 2.62 bits per heavy atom. The van der Waals surface area contributed by atoms with Crippen molar-refractivity contribution >= 4 is 6.03 Å². The molecule has 0 bridgehead atoms. The molecule has 0 spiro atoms. The molecule has 6 nitrogen and oxygen atoms in total. The molecule has 2 unspecified atom stereocenters. The first-order valence-corrected chi connectivity index (χ1v) is 8.88. The lowest BCUT2D eigenvalue weighted by Gasteiger charge is -2.36. The second-order valence-corrected chi connectivity index (χ2v) is 8.16. The molecule has 24 heavy (non-hydrogen) atoms. The van der Waals surface area contributed by atoms with Gasteiger partial charge in [0.15, 0.2) is 0 Å². The quantitative estimate of drug-likeness (QED) is 0.924.